The van der Waals surface area contributed by atoms with E-state index in [1.807, 2.05) is 77.4 Å². The van der Waals surface area contributed by atoms with Crippen molar-refractivity contribution < 1.29 is 4.84 Å². The zero-order valence-electron chi connectivity index (χ0n) is 29.5. The summed E-state index contributed by atoms with van der Waals surface area (Å²) in [6.45, 7) is 0.608. The summed E-state index contributed by atoms with van der Waals surface area (Å²) in [6, 6.07) is 62.1. The number of H-pyrrole nitrogens is 1. The highest BCUT2D eigenvalue weighted by Crippen LogP contribution is 2.46. The fraction of sp³-hybridized carbons (Fsp3) is 0.109. The Morgan fingerprint density at radius 1 is 0.593 bits per heavy atom. The van der Waals surface area contributed by atoms with Gasteiger partial charge in [0, 0.05) is 13.0 Å². The van der Waals surface area contributed by atoms with Gasteiger partial charge in [-0.15, -0.1) is 0 Å². The highest BCUT2D eigenvalue weighted by molar-refractivity contribution is 5.71. The van der Waals surface area contributed by atoms with Crippen LogP contribution >= 0.6 is 0 Å². The van der Waals surface area contributed by atoms with Crippen LogP contribution in [0, 0.1) is 0 Å². The SMILES string of the molecule is O=c1[nH]c(NC(c2ccccc2)(c2ccccc2)c2ccccc2)nc2c1ncn2C1CCN(C(c2ccccc2)(c2ccccc2)c2ccccc2)O1. The van der Waals surface area contributed by atoms with Crippen LogP contribution in [-0.2, 0) is 15.9 Å². The monoisotopic (exact) mass is 706 g/mol. The van der Waals surface area contributed by atoms with Crippen molar-refractivity contribution in [1.29, 1.82) is 0 Å². The summed E-state index contributed by atoms with van der Waals surface area (Å²) in [5.74, 6) is 0.313. The summed E-state index contributed by atoms with van der Waals surface area (Å²) in [6.07, 6.45) is 1.83. The molecule has 1 fully saturated rings. The Balaban J connectivity index is 1.15. The molecular formula is C46H38N6O2. The maximum atomic E-state index is 13.8. The van der Waals surface area contributed by atoms with Gasteiger partial charge >= 0.3 is 0 Å². The van der Waals surface area contributed by atoms with Crippen molar-refractivity contribution in [2.24, 2.45) is 0 Å². The van der Waals surface area contributed by atoms with Crippen molar-refractivity contribution >= 4 is 17.1 Å². The number of imidazole rings is 1. The molecule has 8 nitrogen and oxygen atoms in total. The second-order valence-electron chi connectivity index (χ2n) is 13.5. The van der Waals surface area contributed by atoms with Gasteiger partial charge in [0.25, 0.3) is 5.56 Å². The van der Waals surface area contributed by atoms with Crippen molar-refractivity contribution in [1.82, 2.24) is 24.6 Å². The molecular weight excluding hydrogens is 669 g/mol. The van der Waals surface area contributed by atoms with Gasteiger partial charge in [-0.3, -0.25) is 19.2 Å². The van der Waals surface area contributed by atoms with E-state index in [4.69, 9.17) is 9.82 Å². The minimum absolute atomic E-state index is 0.243. The lowest BCUT2D eigenvalue weighted by molar-refractivity contribution is -0.208. The first-order chi connectivity index (χ1) is 26.7. The summed E-state index contributed by atoms with van der Waals surface area (Å²) in [7, 11) is 0. The predicted octanol–water partition coefficient (Wildman–Crippen LogP) is 8.65. The molecule has 0 spiro atoms. The Morgan fingerprint density at radius 3 is 1.43 bits per heavy atom. The average molecular weight is 707 g/mol. The van der Waals surface area contributed by atoms with E-state index in [1.54, 1.807) is 6.33 Å². The number of hydroxylamine groups is 2. The molecule has 1 saturated heterocycles. The molecule has 9 rings (SSSR count). The molecule has 0 aliphatic carbocycles. The maximum absolute atomic E-state index is 13.8. The van der Waals surface area contributed by atoms with Gasteiger partial charge in [-0.05, 0) is 33.4 Å². The van der Waals surface area contributed by atoms with Crippen LogP contribution in [0.5, 0.6) is 0 Å². The van der Waals surface area contributed by atoms with Gasteiger partial charge in [-0.2, -0.15) is 10.0 Å². The number of hydrogen-bond donors (Lipinski definition) is 2. The van der Waals surface area contributed by atoms with Gasteiger partial charge in [0.05, 0.1) is 6.33 Å². The third kappa shape index (κ3) is 5.60. The number of nitrogens with zero attached hydrogens (tertiary/aromatic N) is 4. The molecule has 1 aliphatic heterocycles. The fourth-order valence-corrected chi connectivity index (χ4v) is 8.04. The van der Waals surface area contributed by atoms with Crippen LogP contribution in [0.4, 0.5) is 5.95 Å². The lowest BCUT2D eigenvalue weighted by Crippen LogP contribution is -2.46. The number of aromatic nitrogens is 4. The molecule has 54 heavy (non-hydrogen) atoms. The topological polar surface area (TPSA) is 88.1 Å². The van der Waals surface area contributed by atoms with E-state index >= 15 is 0 Å². The van der Waals surface area contributed by atoms with Crippen LogP contribution in [0.15, 0.2) is 193 Å². The largest absolute Gasteiger partial charge is 0.338 e. The first kappa shape index (κ1) is 33.2. The molecule has 6 aromatic carbocycles. The third-order valence-corrected chi connectivity index (χ3v) is 10.4. The lowest BCUT2D eigenvalue weighted by Gasteiger charge is -2.42. The molecule has 0 saturated carbocycles. The standard InChI is InChI=1S/C46H38N6O2/c53-43-41-42(48-44(49-43)50-45(34-19-7-1-8-20-34,35-21-9-2-10-22-35)36-23-11-3-12-24-36)51(33-47-41)40-31-32-52(54-40)46(37-25-13-4-14-26-37,38-27-15-5-16-28-38)39-29-17-6-18-30-39/h1-30,33,40H,31-32H2,(H2,48,49,50,53). The summed E-state index contributed by atoms with van der Waals surface area (Å²) in [5.41, 5.74) is 4.91. The molecule has 1 unspecified atom stereocenters. The van der Waals surface area contributed by atoms with Crippen LogP contribution in [0.2, 0.25) is 0 Å². The maximum Gasteiger partial charge on any atom is 0.280 e. The zero-order chi connectivity index (χ0) is 36.4. The summed E-state index contributed by atoms with van der Waals surface area (Å²) in [4.78, 5) is 33.5. The highest BCUT2D eigenvalue weighted by Gasteiger charge is 2.47. The number of anilines is 1. The molecule has 1 atom stereocenters. The quantitative estimate of drug-likeness (QED) is 0.139. The molecule has 264 valence electrons. The van der Waals surface area contributed by atoms with Crippen LogP contribution in [0.1, 0.15) is 46.0 Å². The smallest absolute Gasteiger partial charge is 0.280 e. The van der Waals surface area contributed by atoms with Crippen LogP contribution in [0.25, 0.3) is 11.2 Å². The second kappa shape index (κ2) is 14.1. The zero-order valence-corrected chi connectivity index (χ0v) is 29.5. The number of benzene rings is 6. The number of hydrogen-bond acceptors (Lipinski definition) is 6. The van der Waals surface area contributed by atoms with E-state index < -0.39 is 17.3 Å². The first-order valence-electron chi connectivity index (χ1n) is 18.2. The molecule has 3 heterocycles. The third-order valence-electron chi connectivity index (χ3n) is 10.4. The predicted molar refractivity (Wildman–Crippen MR) is 212 cm³/mol. The lowest BCUT2D eigenvalue weighted by atomic mass is 9.76. The molecule has 0 amide bonds. The van der Waals surface area contributed by atoms with Crippen molar-refractivity contribution in [3.8, 4) is 0 Å². The van der Waals surface area contributed by atoms with Crippen LogP contribution in [0.3, 0.4) is 0 Å². The van der Waals surface area contributed by atoms with Gasteiger partial charge in [0.15, 0.2) is 17.4 Å². The molecule has 2 aromatic heterocycles. The Hall–Kier alpha value is -6.61. The minimum Gasteiger partial charge on any atom is -0.338 e. The van der Waals surface area contributed by atoms with Gasteiger partial charge in [0.2, 0.25) is 5.95 Å². The summed E-state index contributed by atoms with van der Waals surface area (Å²) >= 11 is 0. The number of fused-ring (bicyclic) bond motifs is 1. The van der Waals surface area contributed by atoms with E-state index in [1.165, 1.54) is 0 Å². The second-order valence-corrected chi connectivity index (χ2v) is 13.5. The van der Waals surface area contributed by atoms with E-state index in [2.05, 4.69) is 130 Å². The molecule has 0 radical (unpaired) electrons. The Kier molecular flexibility index (Phi) is 8.67. The normalized spacial score (nSPS) is 15.0. The van der Waals surface area contributed by atoms with E-state index in [0.717, 1.165) is 33.4 Å². The minimum atomic E-state index is -0.889. The average Bonchev–Trinajstić information content (AvgIpc) is 3.91. The van der Waals surface area contributed by atoms with Crippen molar-refractivity contribution in [2.75, 3.05) is 11.9 Å². The van der Waals surface area contributed by atoms with Crippen molar-refractivity contribution in [3.63, 3.8) is 0 Å². The van der Waals surface area contributed by atoms with Crippen molar-refractivity contribution in [2.45, 2.75) is 23.7 Å². The molecule has 1 aliphatic rings. The van der Waals surface area contributed by atoms with E-state index in [0.29, 0.717) is 24.6 Å². The fourth-order valence-electron chi connectivity index (χ4n) is 8.04. The van der Waals surface area contributed by atoms with Gasteiger partial charge < -0.3 is 5.32 Å². The molecule has 8 aromatic rings. The van der Waals surface area contributed by atoms with Crippen molar-refractivity contribution in [3.05, 3.63) is 232 Å². The first-order valence-corrected chi connectivity index (χ1v) is 18.2. The Bertz CT molecular complexity index is 2330. The van der Waals surface area contributed by atoms with E-state index in [-0.39, 0.29) is 11.1 Å². The van der Waals surface area contributed by atoms with E-state index in [9.17, 15) is 4.79 Å². The number of nitrogens with one attached hydrogen (secondary N) is 2. The molecule has 0 bridgehead atoms. The Labute approximate surface area is 313 Å². The van der Waals surface area contributed by atoms with Gasteiger partial charge in [-0.25, -0.2) is 4.98 Å². The van der Waals surface area contributed by atoms with Gasteiger partial charge in [-0.1, -0.05) is 182 Å². The van der Waals surface area contributed by atoms with Crippen LogP contribution < -0.4 is 10.9 Å². The molecule has 8 heteroatoms. The highest BCUT2D eigenvalue weighted by atomic mass is 16.7. The molecule has 2 N–H and O–H groups in total. The van der Waals surface area contributed by atoms with Gasteiger partial charge in [0.1, 0.15) is 11.1 Å². The number of rotatable bonds is 10. The summed E-state index contributed by atoms with van der Waals surface area (Å²) in [5, 5.41) is 5.80. The Morgan fingerprint density at radius 2 is 1.00 bits per heavy atom. The van der Waals surface area contributed by atoms with Crippen LogP contribution in [-0.4, -0.2) is 31.1 Å². The summed E-state index contributed by atoms with van der Waals surface area (Å²) < 4.78 is 1.89. The number of aromatic amines is 1.